The highest BCUT2D eigenvalue weighted by molar-refractivity contribution is 5.78. The van der Waals surface area contributed by atoms with Crippen LogP contribution in [0.2, 0.25) is 0 Å². The molecule has 1 aromatic rings. The average molecular weight is 275 g/mol. The number of nitrogens with one attached hydrogen (secondary N) is 1. The van der Waals surface area contributed by atoms with Crippen molar-refractivity contribution < 1.29 is 4.79 Å². The van der Waals surface area contributed by atoms with Crippen LogP contribution in [0.15, 0.2) is 30.3 Å². The smallest absolute Gasteiger partial charge is 0.234 e. The van der Waals surface area contributed by atoms with Crippen LogP contribution in [0.4, 0.5) is 0 Å². The van der Waals surface area contributed by atoms with E-state index in [1.807, 2.05) is 18.2 Å². The van der Waals surface area contributed by atoms with Gasteiger partial charge in [0.1, 0.15) is 0 Å². The zero-order chi connectivity index (χ0) is 14.2. The van der Waals surface area contributed by atoms with E-state index < -0.39 is 0 Å². The molecule has 1 unspecified atom stereocenters. The maximum Gasteiger partial charge on any atom is 0.234 e. The van der Waals surface area contributed by atoms with Gasteiger partial charge in [0, 0.05) is 19.1 Å². The molecule has 0 aliphatic carbocycles. The summed E-state index contributed by atoms with van der Waals surface area (Å²) >= 11 is 0. The molecular formula is C16H25N3O. The maximum atomic E-state index is 12.0. The number of nitrogens with two attached hydrogens (primary N) is 1. The molecule has 1 fully saturated rings. The molecule has 0 bridgehead atoms. The molecule has 1 aromatic carbocycles. The Bertz CT molecular complexity index is 407. The summed E-state index contributed by atoms with van der Waals surface area (Å²) in [5, 5.41) is 3.00. The Hall–Kier alpha value is -1.39. The first kappa shape index (κ1) is 15.0. The monoisotopic (exact) mass is 275 g/mol. The predicted molar refractivity (Wildman–Crippen MR) is 81.4 cm³/mol. The van der Waals surface area contributed by atoms with Gasteiger partial charge in [-0.3, -0.25) is 9.69 Å². The van der Waals surface area contributed by atoms with Crippen molar-refractivity contribution in [3.8, 4) is 0 Å². The highest BCUT2D eigenvalue weighted by Gasteiger charge is 2.22. The molecule has 0 aromatic heterocycles. The second-order valence-electron chi connectivity index (χ2n) is 5.44. The number of piperidine rings is 1. The molecule has 0 radical (unpaired) electrons. The topological polar surface area (TPSA) is 58.4 Å². The van der Waals surface area contributed by atoms with E-state index in [2.05, 4.69) is 22.3 Å². The fourth-order valence-corrected chi connectivity index (χ4v) is 2.77. The Morgan fingerprint density at radius 3 is 2.85 bits per heavy atom. The molecule has 0 spiro atoms. The fraction of sp³-hybridized carbons (Fsp3) is 0.562. The fourth-order valence-electron chi connectivity index (χ4n) is 2.77. The van der Waals surface area contributed by atoms with Crippen molar-refractivity contribution in [1.82, 2.24) is 10.2 Å². The molecule has 1 heterocycles. The number of benzene rings is 1. The number of hydrogen-bond donors (Lipinski definition) is 2. The van der Waals surface area contributed by atoms with Gasteiger partial charge in [0.25, 0.3) is 0 Å². The third-order valence-corrected chi connectivity index (χ3v) is 3.95. The van der Waals surface area contributed by atoms with E-state index in [1.54, 1.807) is 0 Å². The van der Waals surface area contributed by atoms with E-state index >= 15 is 0 Å². The van der Waals surface area contributed by atoms with Crippen LogP contribution in [0.1, 0.15) is 24.8 Å². The van der Waals surface area contributed by atoms with Crippen LogP contribution in [-0.4, -0.2) is 43.0 Å². The van der Waals surface area contributed by atoms with Gasteiger partial charge in [-0.1, -0.05) is 36.8 Å². The van der Waals surface area contributed by atoms with E-state index in [-0.39, 0.29) is 5.91 Å². The number of carbonyl (C=O) groups excluding carboxylic acids is 1. The highest BCUT2D eigenvalue weighted by atomic mass is 16.2. The van der Waals surface area contributed by atoms with Crippen molar-refractivity contribution in [2.75, 3.05) is 26.2 Å². The number of nitrogens with zero attached hydrogens (tertiary/aromatic N) is 1. The van der Waals surface area contributed by atoms with Crippen molar-refractivity contribution in [3.05, 3.63) is 35.9 Å². The first-order chi connectivity index (χ1) is 9.79. The molecule has 4 heteroatoms. The van der Waals surface area contributed by atoms with Gasteiger partial charge in [0.15, 0.2) is 0 Å². The first-order valence-electron chi connectivity index (χ1n) is 7.54. The van der Waals surface area contributed by atoms with Gasteiger partial charge >= 0.3 is 0 Å². The normalized spacial score (nSPS) is 19.8. The number of rotatable bonds is 6. The predicted octanol–water partition coefficient (Wildman–Crippen LogP) is 1.16. The Labute approximate surface area is 121 Å². The quantitative estimate of drug-likeness (QED) is 0.819. The number of hydrogen-bond acceptors (Lipinski definition) is 3. The van der Waals surface area contributed by atoms with E-state index in [1.165, 1.54) is 18.4 Å². The van der Waals surface area contributed by atoms with Crippen LogP contribution in [0, 0.1) is 0 Å². The zero-order valence-corrected chi connectivity index (χ0v) is 12.1. The van der Waals surface area contributed by atoms with Gasteiger partial charge in [-0.25, -0.2) is 0 Å². The lowest BCUT2D eigenvalue weighted by atomic mass is 10.0. The van der Waals surface area contributed by atoms with Crippen molar-refractivity contribution in [3.63, 3.8) is 0 Å². The summed E-state index contributed by atoms with van der Waals surface area (Å²) in [5.74, 6) is 0.112. The van der Waals surface area contributed by atoms with E-state index in [9.17, 15) is 4.79 Å². The molecule has 1 atom stereocenters. The van der Waals surface area contributed by atoms with E-state index in [0.717, 1.165) is 19.4 Å². The molecule has 1 aliphatic rings. The SMILES string of the molecule is NCC1CCCCN1CC(=O)NCCc1ccccc1. The van der Waals surface area contributed by atoms with E-state index in [0.29, 0.717) is 25.7 Å². The summed E-state index contributed by atoms with van der Waals surface area (Å²) in [6, 6.07) is 10.6. The second kappa shape index (κ2) is 8.02. The van der Waals surface area contributed by atoms with Crippen LogP contribution in [0.5, 0.6) is 0 Å². The number of carbonyl (C=O) groups is 1. The summed E-state index contributed by atoms with van der Waals surface area (Å²) in [7, 11) is 0. The molecule has 3 N–H and O–H groups in total. The molecule has 1 aliphatic heterocycles. The standard InChI is InChI=1S/C16H25N3O/c17-12-15-8-4-5-11-19(15)13-16(20)18-10-9-14-6-2-1-3-7-14/h1-3,6-7,15H,4-5,8-13,17H2,(H,18,20). The third-order valence-electron chi connectivity index (χ3n) is 3.95. The summed E-state index contributed by atoms with van der Waals surface area (Å²) in [4.78, 5) is 14.2. The molecule has 20 heavy (non-hydrogen) atoms. The molecule has 4 nitrogen and oxygen atoms in total. The molecule has 0 saturated carbocycles. The van der Waals surface area contributed by atoms with Crippen LogP contribution in [0.25, 0.3) is 0 Å². The minimum Gasteiger partial charge on any atom is -0.355 e. The van der Waals surface area contributed by atoms with Gasteiger partial charge < -0.3 is 11.1 Å². The van der Waals surface area contributed by atoms with Crippen LogP contribution < -0.4 is 11.1 Å². The minimum absolute atomic E-state index is 0.112. The van der Waals surface area contributed by atoms with Crippen molar-refractivity contribution in [2.45, 2.75) is 31.7 Å². The van der Waals surface area contributed by atoms with Crippen molar-refractivity contribution in [2.24, 2.45) is 5.73 Å². The zero-order valence-electron chi connectivity index (χ0n) is 12.1. The lowest BCUT2D eigenvalue weighted by Gasteiger charge is -2.34. The minimum atomic E-state index is 0.112. The van der Waals surface area contributed by atoms with Gasteiger partial charge in [-0.15, -0.1) is 0 Å². The summed E-state index contributed by atoms with van der Waals surface area (Å²) in [6.07, 6.45) is 4.41. The lowest BCUT2D eigenvalue weighted by molar-refractivity contribution is -0.123. The highest BCUT2D eigenvalue weighted by Crippen LogP contribution is 2.15. The summed E-state index contributed by atoms with van der Waals surface area (Å²) in [6.45, 7) is 2.83. The Balaban J connectivity index is 1.69. The second-order valence-corrected chi connectivity index (χ2v) is 5.44. The lowest BCUT2D eigenvalue weighted by Crippen LogP contribution is -2.48. The Morgan fingerprint density at radius 1 is 1.30 bits per heavy atom. The maximum absolute atomic E-state index is 12.0. The van der Waals surface area contributed by atoms with Crippen LogP contribution >= 0.6 is 0 Å². The summed E-state index contributed by atoms with van der Waals surface area (Å²) in [5.41, 5.74) is 7.03. The average Bonchev–Trinajstić information content (AvgIpc) is 2.49. The number of amides is 1. The van der Waals surface area contributed by atoms with Crippen molar-refractivity contribution >= 4 is 5.91 Å². The Morgan fingerprint density at radius 2 is 2.10 bits per heavy atom. The molecule has 2 rings (SSSR count). The molecular weight excluding hydrogens is 250 g/mol. The summed E-state index contributed by atoms with van der Waals surface area (Å²) < 4.78 is 0. The van der Waals surface area contributed by atoms with Gasteiger partial charge in [-0.2, -0.15) is 0 Å². The number of likely N-dealkylation sites (tertiary alicyclic amines) is 1. The first-order valence-corrected chi connectivity index (χ1v) is 7.54. The van der Waals surface area contributed by atoms with E-state index in [4.69, 9.17) is 5.73 Å². The van der Waals surface area contributed by atoms with Crippen LogP contribution in [0.3, 0.4) is 0 Å². The third kappa shape index (κ3) is 4.62. The molecule has 1 saturated heterocycles. The molecule has 1 amide bonds. The van der Waals surface area contributed by atoms with Gasteiger partial charge in [0.05, 0.1) is 6.54 Å². The Kier molecular flexibility index (Phi) is 6.02. The van der Waals surface area contributed by atoms with Gasteiger partial charge in [0.2, 0.25) is 5.91 Å². The largest absolute Gasteiger partial charge is 0.355 e. The van der Waals surface area contributed by atoms with Crippen molar-refractivity contribution in [1.29, 1.82) is 0 Å². The molecule has 110 valence electrons. The van der Waals surface area contributed by atoms with Gasteiger partial charge in [-0.05, 0) is 31.4 Å². The van der Waals surface area contributed by atoms with Crippen LogP contribution in [-0.2, 0) is 11.2 Å².